The number of amides is 2. The lowest BCUT2D eigenvalue weighted by Crippen LogP contribution is -2.26. The van der Waals surface area contributed by atoms with E-state index in [0.717, 1.165) is 34.4 Å². The number of benzene rings is 3. The molecule has 1 heterocycles. The van der Waals surface area contributed by atoms with Crippen LogP contribution in [0.15, 0.2) is 78.9 Å². The Morgan fingerprint density at radius 2 is 1.75 bits per heavy atom. The Balaban J connectivity index is 1.47. The maximum atomic E-state index is 12.8. The molecule has 0 atom stereocenters. The lowest BCUT2D eigenvalue weighted by atomic mass is 10.1. The van der Waals surface area contributed by atoms with Gasteiger partial charge < -0.3 is 14.8 Å². The smallest absolute Gasteiger partial charge is 0.253 e. The standard InChI is InChI=1S/C30H26N4O2/c1-3-34-27(10-7-11-29(35)32-26-8-5-4-6-9-26)19-25-18-23(14-17-28(25)34)21-33(2)30(36)24-15-12-22(20-31)13-16-24/h4-6,8-9,12-19H,3,11,21H2,1-2H3,(H,32,35). The van der Waals surface area contributed by atoms with Crippen molar-refractivity contribution in [1.29, 1.82) is 5.26 Å². The number of carbonyl (C=O) groups is 2. The van der Waals surface area contributed by atoms with Crippen LogP contribution in [0.4, 0.5) is 5.69 Å². The lowest BCUT2D eigenvalue weighted by Gasteiger charge is -2.17. The highest BCUT2D eigenvalue weighted by Gasteiger charge is 2.13. The van der Waals surface area contributed by atoms with E-state index in [1.807, 2.05) is 48.5 Å². The third-order valence-electron chi connectivity index (χ3n) is 5.83. The van der Waals surface area contributed by atoms with Crippen molar-refractivity contribution in [2.45, 2.75) is 26.4 Å². The number of para-hydroxylation sites is 1. The number of aromatic nitrogens is 1. The highest BCUT2D eigenvalue weighted by Crippen LogP contribution is 2.22. The highest BCUT2D eigenvalue weighted by atomic mass is 16.2. The largest absolute Gasteiger partial charge is 0.337 e. The normalized spacial score (nSPS) is 10.2. The van der Waals surface area contributed by atoms with Crippen molar-refractivity contribution < 1.29 is 9.59 Å². The molecule has 0 unspecified atom stereocenters. The lowest BCUT2D eigenvalue weighted by molar-refractivity contribution is -0.115. The fraction of sp³-hybridized carbons (Fsp3) is 0.167. The molecule has 4 aromatic rings. The molecule has 0 aliphatic heterocycles. The fourth-order valence-electron chi connectivity index (χ4n) is 4.06. The third kappa shape index (κ3) is 5.63. The number of aryl methyl sites for hydroxylation is 1. The minimum absolute atomic E-state index is 0.105. The minimum atomic E-state index is -0.148. The van der Waals surface area contributed by atoms with Crippen LogP contribution in [0, 0.1) is 23.2 Å². The second-order valence-electron chi connectivity index (χ2n) is 8.41. The molecule has 0 spiro atoms. The molecule has 6 heteroatoms. The Morgan fingerprint density at radius 1 is 1.00 bits per heavy atom. The zero-order valence-electron chi connectivity index (χ0n) is 20.3. The van der Waals surface area contributed by atoms with Crippen LogP contribution in [0.5, 0.6) is 0 Å². The molecule has 178 valence electrons. The van der Waals surface area contributed by atoms with Crippen LogP contribution in [0.1, 0.15) is 40.5 Å². The summed E-state index contributed by atoms with van der Waals surface area (Å²) in [7, 11) is 1.76. The van der Waals surface area contributed by atoms with Crippen molar-refractivity contribution >= 4 is 28.4 Å². The van der Waals surface area contributed by atoms with E-state index in [4.69, 9.17) is 5.26 Å². The van der Waals surface area contributed by atoms with Crippen LogP contribution in [-0.2, 0) is 17.9 Å². The molecule has 1 N–H and O–H groups in total. The topological polar surface area (TPSA) is 78.1 Å². The second-order valence-corrected chi connectivity index (χ2v) is 8.41. The molecule has 0 fully saturated rings. The van der Waals surface area contributed by atoms with Crippen molar-refractivity contribution in [2.75, 3.05) is 12.4 Å². The zero-order chi connectivity index (χ0) is 25.5. The predicted octanol–water partition coefficient (Wildman–Crippen LogP) is 5.19. The maximum absolute atomic E-state index is 12.8. The number of nitriles is 1. The van der Waals surface area contributed by atoms with Gasteiger partial charge >= 0.3 is 0 Å². The molecule has 36 heavy (non-hydrogen) atoms. The molecule has 6 nitrogen and oxygen atoms in total. The summed E-state index contributed by atoms with van der Waals surface area (Å²) in [4.78, 5) is 26.7. The van der Waals surface area contributed by atoms with Gasteiger partial charge in [-0.2, -0.15) is 5.26 Å². The van der Waals surface area contributed by atoms with E-state index in [9.17, 15) is 9.59 Å². The molecule has 4 rings (SSSR count). The summed E-state index contributed by atoms with van der Waals surface area (Å²) >= 11 is 0. The average molecular weight is 475 g/mol. The average Bonchev–Trinajstić information content (AvgIpc) is 3.25. The minimum Gasteiger partial charge on any atom is -0.337 e. The highest BCUT2D eigenvalue weighted by molar-refractivity contribution is 5.94. The number of fused-ring (bicyclic) bond motifs is 1. The van der Waals surface area contributed by atoms with Gasteiger partial charge in [-0.25, -0.2) is 0 Å². The van der Waals surface area contributed by atoms with Gasteiger partial charge in [0, 0.05) is 42.3 Å². The number of rotatable bonds is 6. The summed E-state index contributed by atoms with van der Waals surface area (Å²) in [5.74, 6) is 5.88. The summed E-state index contributed by atoms with van der Waals surface area (Å²) in [5, 5.41) is 12.8. The Bertz CT molecular complexity index is 1500. The van der Waals surface area contributed by atoms with Crippen LogP contribution < -0.4 is 5.32 Å². The summed E-state index contributed by atoms with van der Waals surface area (Å²) in [6.45, 7) is 3.26. The first-order valence-corrected chi connectivity index (χ1v) is 11.7. The third-order valence-corrected chi connectivity index (χ3v) is 5.83. The van der Waals surface area contributed by atoms with E-state index in [2.05, 4.69) is 40.8 Å². The summed E-state index contributed by atoms with van der Waals surface area (Å²) in [6, 6.07) is 26.2. The molecule has 0 saturated heterocycles. The van der Waals surface area contributed by atoms with Crippen molar-refractivity contribution in [3.63, 3.8) is 0 Å². The van der Waals surface area contributed by atoms with Gasteiger partial charge in [0.25, 0.3) is 5.91 Å². The summed E-state index contributed by atoms with van der Waals surface area (Å²) in [5.41, 5.74) is 4.73. The molecule has 0 saturated carbocycles. The Morgan fingerprint density at radius 3 is 2.44 bits per heavy atom. The van der Waals surface area contributed by atoms with Crippen LogP contribution >= 0.6 is 0 Å². The maximum Gasteiger partial charge on any atom is 0.253 e. The van der Waals surface area contributed by atoms with E-state index in [1.165, 1.54) is 0 Å². The van der Waals surface area contributed by atoms with Crippen LogP contribution in [0.3, 0.4) is 0 Å². The molecule has 2 amide bonds. The molecule has 1 aromatic heterocycles. The number of nitrogens with zero attached hydrogens (tertiary/aromatic N) is 3. The zero-order valence-corrected chi connectivity index (χ0v) is 20.3. The molecule has 3 aromatic carbocycles. The van der Waals surface area contributed by atoms with Crippen molar-refractivity contribution in [3.8, 4) is 17.9 Å². The molecule has 0 aliphatic carbocycles. The van der Waals surface area contributed by atoms with Gasteiger partial charge in [-0.05, 0) is 73.0 Å². The second kappa shape index (κ2) is 11.1. The molecular weight excluding hydrogens is 448 g/mol. The number of nitrogens with one attached hydrogen (secondary N) is 1. The van der Waals surface area contributed by atoms with Crippen LogP contribution in [-0.4, -0.2) is 28.3 Å². The van der Waals surface area contributed by atoms with Gasteiger partial charge in [0.15, 0.2) is 0 Å². The van der Waals surface area contributed by atoms with E-state index in [0.29, 0.717) is 17.7 Å². The summed E-state index contributed by atoms with van der Waals surface area (Å²) < 4.78 is 2.12. The van der Waals surface area contributed by atoms with Gasteiger partial charge in [0.2, 0.25) is 5.91 Å². The monoisotopic (exact) mass is 474 g/mol. The van der Waals surface area contributed by atoms with Crippen LogP contribution in [0.2, 0.25) is 0 Å². The number of hydrogen-bond acceptors (Lipinski definition) is 3. The fourth-order valence-corrected chi connectivity index (χ4v) is 4.06. The molecular formula is C30H26N4O2. The van der Waals surface area contributed by atoms with Crippen LogP contribution in [0.25, 0.3) is 10.9 Å². The van der Waals surface area contributed by atoms with Gasteiger partial charge in [-0.15, -0.1) is 0 Å². The SMILES string of the molecule is CCn1c(C#CCC(=O)Nc2ccccc2)cc2cc(CN(C)C(=O)c3ccc(C#N)cc3)ccc21. The number of anilines is 1. The first kappa shape index (κ1) is 24.3. The number of carbonyl (C=O) groups excluding carboxylic acids is 2. The first-order chi connectivity index (χ1) is 17.5. The van der Waals surface area contributed by atoms with E-state index >= 15 is 0 Å². The Labute approximate surface area is 210 Å². The van der Waals surface area contributed by atoms with E-state index in [-0.39, 0.29) is 18.2 Å². The van der Waals surface area contributed by atoms with Gasteiger partial charge in [0.1, 0.15) is 0 Å². The van der Waals surface area contributed by atoms with E-state index in [1.54, 1.807) is 36.2 Å². The Hall–Kier alpha value is -4.81. The quantitative estimate of drug-likeness (QED) is 0.391. The van der Waals surface area contributed by atoms with Crippen molar-refractivity contribution in [1.82, 2.24) is 9.47 Å². The van der Waals surface area contributed by atoms with Gasteiger partial charge in [-0.3, -0.25) is 9.59 Å². The van der Waals surface area contributed by atoms with E-state index < -0.39 is 0 Å². The Kier molecular flexibility index (Phi) is 7.48. The molecule has 0 radical (unpaired) electrons. The summed E-state index contributed by atoms with van der Waals surface area (Å²) in [6.07, 6.45) is 0.105. The predicted molar refractivity (Wildman–Crippen MR) is 141 cm³/mol. The first-order valence-electron chi connectivity index (χ1n) is 11.7. The van der Waals surface area contributed by atoms with Crippen molar-refractivity contribution in [2.24, 2.45) is 0 Å². The van der Waals surface area contributed by atoms with Gasteiger partial charge in [0.05, 0.1) is 23.7 Å². The molecule has 0 bridgehead atoms. The van der Waals surface area contributed by atoms with Crippen molar-refractivity contribution in [3.05, 3.63) is 101 Å². The van der Waals surface area contributed by atoms with Gasteiger partial charge in [-0.1, -0.05) is 30.2 Å². The number of hydrogen-bond donors (Lipinski definition) is 1. The molecule has 0 aliphatic rings.